The zero-order valence-electron chi connectivity index (χ0n) is 33.5. The van der Waals surface area contributed by atoms with Crippen molar-refractivity contribution in [1.29, 1.82) is 0 Å². The molecule has 3 aliphatic rings. The minimum absolute atomic E-state index is 0.159. The van der Waals surface area contributed by atoms with Crippen LogP contribution in [-0.4, -0.2) is 5.84 Å². The molecule has 0 saturated carbocycles. The van der Waals surface area contributed by atoms with Crippen molar-refractivity contribution in [3.8, 4) is 55.6 Å². The average Bonchev–Trinajstić information content (AvgIpc) is 3.82. The highest BCUT2D eigenvalue weighted by atomic mass is 15.0. The molecule has 0 radical (unpaired) electrons. The predicted octanol–water partition coefficient (Wildman–Crippen LogP) is 14.2. The molecule has 0 fully saturated rings. The second kappa shape index (κ2) is 14.2. The molecular formula is C59H40N2. The smallest absolute Gasteiger partial charge is 0.133 e. The molecule has 9 aromatic rings. The third-order valence-corrected chi connectivity index (χ3v) is 13.0. The summed E-state index contributed by atoms with van der Waals surface area (Å²) < 4.78 is 0. The van der Waals surface area contributed by atoms with Gasteiger partial charge in [0.25, 0.3) is 0 Å². The lowest BCUT2D eigenvalue weighted by Gasteiger charge is -2.30. The fraction of sp³-hybridized carbons (Fsp3) is 0.0339. The van der Waals surface area contributed by atoms with Gasteiger partial charge < -0.3 is 5.32 Å². The predicted molar refractivity (Wildman–Crippen MR) is 252 cm³/mol. The van der Waals surface area contributed by atoms with Crippen molar-refractivity contribution in [3.63, 3.8) is 0 Å². The van der Waals surface area contributed by atoms with Crippen molar-refractivity contribution in [2.24, 2.45) is 4.99 Å². The largest absolute Gasteiger partial charge is 0.340 e. The van der Waals surface area contributed by atoms with E-state index in [1.807, 2.05) is 6.07 Å². The summed E-state index contributed by atoms with van der Waals surface area (Å²) in [5, 5.41) is 3.67. The van der Waals surface area contributed by atoms with Crippen LogP contribution in [0.1, 0.15) is 45.0 Å². The van der Waals surface area contributed by atoms with Crippen LogP contribution in [0.15, 0.2) is 236 Å². The van der Waals surface area contributed by atoms with Crippen molar-refractivity contribution in [2.45, 2.75) is 11.5 Å². The Kier molecular flexibility index (Phi) is 8.18. The Morgan fingerprint density at radius 2 is 0.754 bits per heavy atom. The van der Waals surface area contributed by atoms with Crippen LogP contribution < -0.4 is 5.32 Å². The quantitative estimate of drug-likeness (QED) is 0.179. The maximum absolute atomic E-state index is 5.28. The van der Waals surface area contributed by atoms with Gasteiger partial charge in [0.2, 0.25) is 0 Å². The van der Waals surface area contributed by atoms with E-state index in [2.05, 4.69) is 230 Å². The first-order valence-corrected chi connectivity index (χ1v) is 21.1. The standard InChI is InChI=1S/C59H40N2/c1-3-14-39(15-4-1)40-30-32-43(33-31-40)56-38-57(61-58(60-56)44-16-5-2-6-17-44)47-19-13-18-45(36-47)41-26-28-42(29-27-41)46-34-35-51-50-22-9-12-25-54(50)59(55(51)37-46)52-23-10-7-20-48(52)49-21-8-11-24-53(49)59/h1-38,57H,(H,60,61). The van der Waals surface area contributed by atoms with E-state index in [4.69, 9.17) is 4.99 Å². The van der Waals surface area contributed by atoms with Gasteiger partial charge in [0.1, 0.15) is 5.84 Å². The zero-order chi connectivity index (χ0) is 40.3. The third-order valence-electron chi connectivity index (χ3n) is 13.0. The molecule has 1 atom stereocenters. The highest BCUT2D eigenvalue weighted by molar-refractivity contribution is 6.05. The SMILES string of the molecule is C1=C(c2ccc(-c3ccccc3)cc2)NC(c2ccccc2)=NC1c1cccc(-c2ccc(-c3ccc4c(c3)C3(c5ccccc5-c5ccccc53)c3ccccc3-4)cc2)c1. The summed E-state index contributed by atoms with van der Waals surface area (Å²) in [5.41, 5.74) is 22.0. The second-order valence-corrected chi connectivity index (χ2v) is 16.3. The van der Waals surface area contributed by atoms with E-state index in [0.29, 0.717) is 0 Å². The molecule has 2 aliphatic carbocycles. The molecule has 0 saturated heterocycles. The van der Waals surface area contributed by atoms with Gasteiger partial charge in [0.05, 0.1) is 11.5 Å². The zero-order valence-corrected chi connectivity index (χ0v) is 33.5. The number of nitrogens with zero attached hydrogens (tertiary/aromatic N) is 1. The van der Waals surface area contributed by atoms with Gasteiger partial charge in [-0.1, -0.05) is 212 Å². The molecule has 0 aromatic heterocycles. The summed E-state index contributed by atoms with van der Waals surface area (Å²) in [6.45, 7) is 0. The first-order valence-electron chi connectivity index (χ1n) is 21.1. The van der Waals surface area contributed by atoms with Crippen LogP contribution in [-0.2, 0) is 5.41 Å². The van der Waals surface area contributed by atoms with Crippen molar-refractivity contribution < 1.29 is 0 Å². The first kappa shape index (κ1) is 35.2. The molecule has 2 heteroatoms. The van der Waals surface area contributed by atoms with Crippen LogP contribution in [0, 0.1) is 0 Å². The van der Waals surface area contributed by atoms with Gasteiger partial charge in [0, 0.05) is 11.3 Å². The summed E-state index contributed by atoms with van der Waals surface area (Å²) >= 11 is 0. The number of amidine groups is 1. The second-order valence-electron chi connectivity index (χ2n) is 16.3. The van der Waals surface area contributed by atoms with E-state index in [9.17, 15) is 0 Å². The average molecular weight is 777 g/mol. The Morgan fingerprint density at radius 1 is 0.328 bits per heavy atom. The van der Waals surface area contributed by atoms with Gasteiger partial charge in [-0.3, -0.25) is 4.99 Å². The Balaban J connectivity index is 0.891. The Morgan fingerprint density at radius 3 is 1.34 bits per heavy atom. The van der Waals surface area contributed by atoms with E-state index in [1.54, 1.807) is 0 Å². The number of nitrogens with one attached hydrogen (secondary N) is 1. The number of fused-ring (bicyclic) bond motifs is 10. The van der Waals surface area contributed by atoms with Crippen LogP contribution in [0.2, 0.25) is 0 Å². The normalized spacial score (nSPS) is 15.2. The first-order chi connectivity index (χ1) is 30.2. The number of aliphatic imine (C=N–C) groups is 1. The van der Waals surface area contributed by atoms with Crippen molar-refractivity contribution in [2.75, 3.05) is 0 Å². The third kappa shape index (κ3) is 5.68. The van der Waals surface area contributed by atoms with Crippen LogP contribution in [0.3, 0.4) is 0 Å². The molecule has 9 aromatic carbocycles. The molecule has 0 amide bonds. The van der Waals surface area contributed by atoms with E-state index in [0.717, 1.165) is 28.2 Å². The van der Waals surface area contributed by atoms with E-state index in [1.165, 1.54) is 77.9 Å². The fourth-order valence-electron chi connectivity index (χ4n) is 10.1. The van der Waals surface area contributed by atoms with Crippen molar-refractivity contribution >= 4 is 11.5 Å². The van der Waals surface area contributed by atoms with Gasteiger partial charge in [-0.2, -0.15) is 0 Å². The van der Waals surface area contributed by atoms with Crippen LogP contribution in [0.25, 0.3) is 61.3 Å². The molecule has 1 aliphatic heterocycles. The molecule has 12 rings (SSSR count). The molecule has 1 unspecified atom stereocenters. The van der Waals surface area contributed by atoms with Gasteiger partial charge >= 0.3 is 0 Å². The monoisotopic (exact) mass is 776 g/mol. The Bertz CT molecular complexity index is 3130. The van der Waals surface area contributed by atoms with E-state index < -0.39 is 0 Å². The highest BCUT2D eigenvalue weighted by Crippen LogP contribution is 2.63. The van der Waals surface area contributed by atoms with Crippen LogP contribution in [0.4, 0.5) is 0 Å². The number of rotatable bonds is 6. The fourth-order valence-corrected chi connectivity index (χ4v) is 10.1. The highest BCUT2D eigenvalue weighted by Gasteiger charge is 2.51. The molecular weight excluding hydrogens is 737 g/mol. The van der Waals surface area contributed by atoms with Gasteiger partial charge in [0.15, 0.2) is 0 Å². The molecule has 0 bridgehead atoms. The van der Waals surface area contributed by atoms with E-state index >= 15 is 0 Å². The summed E-state index contributed by atoms with van der Waals surface area (Å²) in [4.78, 5) is 5.28. The number of hydrogen-bond acceptors (Lipinski definition) is 2. The molecule has 1 N–H and O–H groups in total. The Labute approximate surface area is 356 Å². The molecule has 2 nitrogen and oxygen atoms in total. The number of hydrogen-bond donors (Lipinski definition) is 1. The molecule has 286 valence electrons. The van der Waals surface area contributed by atoms with Gasteiger partial charge in [-0.25, -0.2) is 0 Å². The minimum atomic E-state index is -0.354. The van der Waals surface area contributed by atoms with Crippen LogP contribution in [0.5, 0.6) is 0 Å². The lowest BCUT2D eigenvalue weighted by atomic mass is 9.70. The summed E-state index contributed by atoms with van der Waals surface area (Å²) in [7, 11) is 0. The van der Waals surface area contributed by atoms with Gasteiger partial charge in [-0.05, 0) is 107 Å². The van der Waals surface area contributed by atoms with Crippen molar-refractivity contribution in [1.82, 2.24) is 5.32 Å². The summed E-state index contributed by atoms with van der Waals surface area (Å²) in [5.74, 6) is 0.869. The van der Waals surface area contributed by atoms with Crippen LogP contribution >= 0.6 is 0 Å². The number of benzene rings is 9. The summed E-state index contributed by atoms with van der Waals surface area (Å²) in [6, 6.07) is 81.7. The lowest BCUT2D eigenvalue weighted by Crippen LogP contribution is -2.27. The topological polar surface area (TPSA) is 24.4 Å². The maximum atomic E-state index is 5.28. The molecule has 1 heterocycles. The lowest BCUT2D eigenvalue weighted by molar-refractivity contribution is 0.794. The van der Waals surface area contributed by atoms with Crippen molar-refractivity contribution in [3.05, 3.63) is 269 Å². The minimum Gasteiger partial charge on any atom is -0.340 e. The van der Waals surface area contributed by atoms with Gasteiger partial charge in [-0.15, -0.1) is 0 Å². The van der Waals surface area contributed by atoms with E-state index in [-0.39, 0.29) is 11.5 Å². The maximum Gasteiger partial charge on any atom is 0.133 e. The summed E-state index contributed by atoms with van der Waals surface area (Å²) in [6.07, 6.45) is 2.26. The molecule has 1 spiro atoms. The molecule has 61 heavy (non-hydrogen) atoms. The Hall–Kier alpha value is -7.81.